The third kappa shape index (κ3) is 16.0. The first-order chi connectivity index (χ1) is 20.7. The van der Waals surface area contributed by atoms with Crippen molar-refractivity contribution in [3.05, 3.63) is 71.8 Å². The molecule has 2 aromatic carbocycles. The quantitative estimate of drug-likeness (QED) is 0.209. The van der Waals surface area contributed by atoms with Gasteiger partial charge in [0.2, 0.25) is 11.8 Å². The fourth-order valence-electron chi connectivity index (χ4n) is 4.29. The SMILES string of the molecule is CC(C)(C)OC(=O)N[C@@H](Cc1ccccc1)C(=O)NCCCCCCNC(=O)[C@H](Cc1ccccc1)NC(=O)OC(C)(C)C. The van der Waals surface area contributed by atoms with Crippen LogP contribution in [-0.4, -0.2) is 60.4 Å². The predicted molar refractivity (Wildman–Crippen MR) is 171 cm³/mol. The van der Waals surface area contributed by atoms with E-state index in [4.69, 9.17) is 9.47 Å². The molecule has 0 saturated carbocycles. The average molecular weight is 611 g/mol. The maximum atomic E-state index is 12.9. The number of hydrogen-bond acceptors (Lipinski definition) is 6. The van der Waals surface area contributed by atoms with Gasteiger partial charge in [0.1, 0.15) is 23.3 Å². The molecule has 2 aromatic rings. The van der Waals surface area contributed by atoms with Gasteiger partial charge in [-0.25, -0.2) is 9.59 Å². The van der Waals surface area contributed by atoms with Crippen LogP contribution < -0.4 is 21.3 Å². The third-order valence-electron chi connectivity index (χ3n) is 6.28. The molecular formula is C34H50N4O6. The summed E-state index contributed by atoms with van der Waals surface area (Å²) in [5.41, 5.74) is 0.514. The molecule has 0 aliphatic carbocycles. The van der Waals surface area contributed by atoms with Crippen molar-refractivity contribution in [1.29, 1.82) is 0 Å². The Bertz CT molecular complexity index is 1080. The summed E-state index contributed by atoms with van der Waals surface area (Å²) < 4.78 is 10.7. The van der Waals surface area contributed by atoms with Crippen LogP contribution in [-0.2, 0) is 31.9 Å². The van der Waals surface area contributed by atoms with Crippen molar-refractivity contribution < 1.29 is 28.7 Å². The van der Waals surface area contributed by atoms with Crippen LogP contribution in [0.15, 0.2) is 60.7 Å². The van der Waals surface area contributed by atoms with Gasteiger partial charge in [0.15, 0.2) is 0 Å². The van der Waals surface area contributed by atoms with Crippen molar-refractivity contribution in [3.63, 3.8) is 0 Å². The van der Waals surface area contributed by atoms with Gasteiger partial charge < -0.3 is 30.7 Å². The molecule has 0 aliphatic rings. The first-order valence-electron chi connectivity index (χ1n) is 15.3. The molecule has 0 heterocycles. The van der Waals surface area contributed by atoms with Crippen molar-refractivity contribution >= 4 is 24.0 Å². The topological polar surface area (TPSA) is 135 Å². The molecule has 10 heteroatoms. The van der Waals surface area contributed by atoms with E-state index < -0.39 is 35.5 Å². The van der Waals surface area contributed by atoms with Gasteiger partial charge in [0.05, 0.1) is 0 Å². The van der Waals surface area contributed by atoms with Crippen LogP contribution in [0.5, 0.6) is 0 Å². The van der Waals surface area contributed by atoms with Gasteiger partial charge in [-0.1, -0.05) is 73.5 Å². The highest BCUT2D eigenvalue weighted by atomic mass is 16.6. The summed E-state index contributed by atoms with van der Waals surface area (Å²) in [4.78, 5) is 50.6. The summed E-state index contributed by atoms with van der Waals surface area (Å²) >= 11 is 0. The fourth-order valence-corrected chi connectivity index (χ4v) is 4.29. The van der Waals surface area contributed by atoms with Crippen LogP contribution in [0, 0.1) is 0 Å². The molecule has 10 nitrogen and oxygen atoms in total. The minimum absolute atomic E-state index is 0.270. The summed E-state index contributed by atoms with van der Waals surface area (Å²) in [5, 5.41) is 11.2. The Kier molecular flexibility index (Phi) is 14.7. The fraction of sp³-hybridized carbons (Fsp3) is 0.529. The summed E-state index contributed by atoms with van der Waals surface area (Å²) in [6.07, 6.45) is 2.62. The normalized spacial score (nSPS) is 12.8. The Morgan fingerprint density at radius 3 is 1.23 bits per heavy atom. The number of ether oxygens (including phenoxy) is 2. The molecule has 0 bridgehead atoms. The Morgan fingerprint density at radius 1 is 0.568 bits per heavy atom. The van der Waals surface area contributed by atoms with Crippen molar-refractivity contribution in [2.24, 2.45) is 0 Å². The molecule has 0 fully saturated rings. The molecule has 0 spiro atoms. The first-order valence-corrected chi connectivity index (χ1v) is 15.3. The zero-order chi connectivity index (χ0) is 32.6. The van der Waals surface area contributed by atoms with Crippen molar-refractivity contribution in [1.82, 2.24) is 21.3 Å². The molecule has 0 aliphatic heterocycles. The molecule has 0 radical (unpaired) electrons. The number of benzene rings is 2. The lowest BCUT2D eigenvalue weighted by Crippen LogP contribution is -2.49. The lowest BCUT2D eigenvalue weighted by atomic mass is 10.1. The monoisotopic (exact) mass is 610 g/mol. The molecule has 2 atom stereocenters. The molecule has 0 aromatic heterocycles. The molecule has 44 heavy (non-hydrogen) atoms. The van der Waals surface area contributed by atoms with Crippen LogP contribution >= 0.6 is 0 Å². The van der Waals surface area contributed by atoms with Crippen molar-refractivity contribution in [2.45, 2.75) is 103 Å². The first kappa shape index (κ1) is 36.1. The van der Waals surface area contributed by atoms with E-state index in [0.29, 0.717) is 25.9 Å². The molecule has 2 rings (SSSR count). The smallest absolute Gasteiger partial charge is 0.408 e. The zero-order valence-electron chi connectivity index (χ0n) is 27.0. The molecular weight excluding hydrogens is 560 g/mol. The van der Waals surface area contributed by atoms with E-state index in [0.717, 1.165) is 36.8 Å². The highest BCUT2D eigenvalue weighted by molar-refractivity contribution is 5.86. The van der Waals surface area contributed by atoms with Crippen molar-refractivity contribution in [3.8, 4) is 0 Å². The number of unbranched alkanes of at least 4 members (excludes halogenated alkanes) is 3. The van der Waals surface area contributed by atoms with Crippen LogP contribution in [0.1, 0.15) is 78.4 Å². The number of hydrogen-bond donors (Lipinski definition) is 4. The Hall–Kier alpha value is -4.08. The molecule has 0 saturated heterocycles. The number of alkyl carbamates (subject to hydrolysis) is 2. The van der Waals surface area contributed by atoms with Crippen LogP contribution in [0.4, 0.5) is 9.59 Å². The van der Waals surface area contributed by atoms with Crippen molar-refractivity contribution in [2.75, 3.05) is 13.1 Å². The second-order valence-electron chi connectivity index (χ2n) is 12.8. The third-order valence-corrected chi connectivity index (χ3v) is 6.28. The average Bonchev–Trinajstić information content (AvgIpc) is 2.92. The van der Waals surface area contributed by atoms with Crippen LogP contribution in [0.2, 0.25) is 0 Å². The van der Waals surface area contributed by atoms with Gasteiger partial charge in [-0.05, 0) is 65.5 Å². The second kappa shape index (κ2) is 17.9. The summed E-state index contributed by atoms with van der Waals surface area (Å²) in [6.45, 7) is 11.6. The van der Waals surface area contributed by atoms with Gasteiger partial charge in [-0.2, -0.15) is 0 Å². The zero-order valence-corrected chi connectivity index (χ0v) is 27.0. The number of nitrogens with one attached hydrogen (secondary N) is 4. The molecule has 4 N–H and O–H groups in total. The maximum Gasteiger partial charge on any atom is 0.408 e. The van der Waals surface area contributed by atoms with Crippen LogP contribution in [0.25, 0.3) is 0 Å². The standard InChI is InChI=1S/C34H50N4O6/c1-33(2,3)43-31(41)37-27(23-25-17-11-9-12-18-25)29(39)35-21-15-7-8-16-22-36-30(40)28(24-26-19-13-10-14-20-26)38-32(42)44-34(4,5)6/h9-14,17-20,27-28H,7-8,15-16,21-24H2,1-6H3,(H,35,39)(H,36,40)(H,37,41)(H,38,42)/t27-,28-/m0/s1. The van der Waals surface area contributed by atoms with E-state index in [2.05, 4.69) is 21.3 Å². The lowest BCUT2D eigenvalue weighted by molar-refractivity contribution is -0.123. The minimum Gasteiger partial charge on any atom is -0.444 e. The van der Waals surface area contributed by atoms with Gasteiger partial charge in [-0.3, -0.25) is 9.59 Å². The van der Waals surface area contributed by atoms with Gasteiger partial charge in [0, 0.05) is 25.9 Å². The van der Waals surface area contributed by atoms with E-state index in [1.165, 1.54) is 0 Å². The number of amides is 4. The highest BCUT2D eigenvalue weighted by Crippen LogP contribution is 2.10. The van der Waals surface area contributed by atoms with E-state index in [9.17, 15) is 19.2 Å². The lowest BCUT2D eigenvalue weighted by Gasteiger charge is -2.23. The maximum absolute atomic E-state index is 12.9. The summed E-state index contributed by atoms with van der Waals surface area (Å²) in [6, 6.07) is 17.5. The van der Waals surface area contributed by atoms with E-state index in [1.54, 1.807) is 41.5 Å². The number of carbonyl (C=O) groups is 4. The summed E-state index contributed by atoms with van der Waals surface area (Å²) in [5.74, 6) is -0.539. The molecule has 0 unspecified atom stereocenters. The van der Waals surface area contributed by atoms with E-state index in [-0.39, 0.29) is 11.8 Å². The van der Waals surface area contributed by atoms with Gasteiger partial charge >= 0.3 is 12.2 Å². The highest BCUT2D eigenvalue weighted by Gasteiger charge is 2.26. The number of rotatable bonds is 15. The second-order valence-corrected chi connectivity index (χ2v) is 12.8. The van der Waals surface area contributed by atoms with E-state index >= 15 is 0 Å². The number of carbonyl (C=O) groups excluding carboxylic acids is 4. The molecule has 4 amide bonds. The van der Waals surface area contributed by atoms with Crippen LogP contribution in [0.3, 0.4) is 0 Å². The predicted octanol–water partition coefficient (Wildman–Crippen LogP) is 5.05. The Labute approximate surface area is 262 Å². The molecule has 242 valence electrons. The van der Waals surface area contributed by atoms with Gasteiger partial charge in [0.25, 0.3) is 0 Å². The summed E-state index contributed by atoms with van der Waals surface area (Å²) in [7, 11) is 0. The van der Waals surface area contributed by atoms with Gasteiger partial charge in [-0.15, -0.1) is 0 Å². The Morgan fingerprint density at radius 2 is 0.909 bits per heavy atom. The van der Waals surface area contributed by atoms with E-state index in [1.807, 2.05) is 60.7 Å². The minimum atomic E-state index is -0.763. The Balaban J connectivity index is 1.76. The largest absolute Gasteiger partial charge is 0.444 e.